The third kappa shape index (κ3) is 4.29. The Bertz CT molecular complexity index is 1140. The average molecular weight is 440 g/mol. The number of carbonyl (C=O) groups excluding carboxylic acids is 2. The highest BCUT2D eigenvalue weighted by Gasteiger charge is 2.29. The fourth-order valence-electron chi connectivity index (χ4n) is 4.10. The average Bonchev–Trinajstić information content (AvgIpc) is 3.39. The molecule has 2 aromatic carbocycles. The van der Waals surface area contributed by atoms with Crippen LogP contribution in [0.2, 0.25) is 5.02 Å². The summed E-state index contributed by atoms with van der Waals surface area (Å²) in [6.07, 6.45) is 1.91. The molecule has 2 amide bonds. The summed E-state index contributed by atoms with van der Waals surface area (Å²) in [5, 5.41) is 3.57. The van der Waals surface area contributed by atoms with Gasteiger partial charge in [0.2, 0.25) is 0 Å². The van der Waals surface area contributed by atoms with E-state index in [4.69, 9.17) is 17.3 Å². The van der Waals surface area contributed by atoms with Crippen molar-refractivity contribution in [2.24, 2.45) is 5.73 Å². The van der Waals surface area contributed by atoms with E-state index in [1.807, 2.05) is 24.8 Å². The summed E-state index contributed by atoms with van der Waals surface area (Å²) in [4.78, 5) is 35.3. The molecule has 4 rings (SSSR count). The van der Waals surface area contributed by atoms with Crippen molar-refractivity contribution in [2.75, 3.05) is 13.1 Å². The quantitative estimate of drug-likeness (QED) is 0.565. The van der Waals surface area contributed by atoms with E-state index in [1.54, 1.807) is 30.3 Å². The molecular formula is C23H26ClN5O2. The van der Waals surface area contributed by atoms with Crippen molar-refractivity contribution in [3.05, 3.63) is 63.9 Å². The summed E-state index contributed by atoms with van der Waals surface area (Å²) >= 11 is 6.02. The van der Waals surface area contributed by atoms with Gasteiger partial charge in [0.05, 0.1) is 17.1 Å². The summed E-state index contributed by atoms with van der Waals surface area (Å²) in [5.74, 6) is 0.400. The Hall–Kier alpha value is -2.90. The maximum atomic E-state index is 12.9. The minimum Gasteiger partial charge on any atom is -0.342 e. The third-order valence-corrected chi connectivity index (χ3v) is 6.09. The second-order valence-corrected chi connectivity index (χ2v) is 8.48. The number of amides is 2. The Morgan fingerprint density at radius 3 is 2.87 bits per heavy atom. The van der Waals surface area contributed by atoms with Gasteiger partial charge in [-0.1, -0.05) is 11.6 Å². The Morgan fingerprint density at radius 1 is 1.32 bits per heavy atom. The Labute approximate surface area is 186 Å². The predicted octanol–water partition coefficient (Wildman–Crippen LogP) is 3.58. The van der Waals surface area contributed by atoms with Crippen molar-refractivity contribution in [2.45, 2.75) is 38.8 Å². The Morgan fingerprint density at radius 2 is 2.13 bits per heavy atom. The number of nitrogens with zero attached hydrogens (tertiary/aromatic N) is 2. The number of halogens is 1. The lowest BCUT2D eigenvalue weighted by Gasteiger charge is -2.24. The van der Waals surface area contributed by atoms with Crippen LogP contribution < -0.4 is 11.1 Å². The highest BCUT2D eigenvalue weighted by Crippen LogP contribution is 2.23. The first-order chi connectivity index (χ1) is 14.9. The van der Waals surface area contributed by atoms with Crippen LogP contribution in [0.1, 0.15) is 57.9 Å². The molecule has 1 fully saturated rings. The first-order valence-electron chi connectivity index (χ1n) is 10.4. The number of carbonyl (C=O) groups is 2. The highest BCUT2D eigenvalue weighted by atomic mass is 35.5. The highest BCUT2D eigenvalue weighted by molar-refractivity contribution is 6.31. The lowest BCUT2D eigenvalue weighted by Crippen LogP contribution is -2.40. The maximum Gasteiger partial charge on any atom is 0.254 e. The van der Waals surface area contributed by atoms with E-state index in [2.05, 4.69) is 15.3 Å². The second kappa shape index (κ2) is 8.69. The second-order valence-electron chi connectivity index (χ2n) is 8.04. The van der Waals surface area contributed by atoms with Gasteiger partial charge in [-0.2, -0.15) is 0 Å². The molecule has 4 N–H and O–H groups in total. The number of imidazole rings is 1. The van der Waals surface area contributed by atoms with Crippen molar-refractivity contribution in [1.82, 2.24) is 20.2 Å². The van der Waals surface area contributed by atoms with Gasteiger partial charge in [-0.25, -0.2) is 4.98 Å². The molecule has 31 heavy (non-hydrogen) atoms. The number of nitrogens with two attached hydrogens (primary N) is 1. The lowest BCUT2D eigenvalue weighted by atomic mass is 10.0. The number of benzene rings is 2. The molecule has 0 unspecified atom stereocenters. The monoisotopic (exact) mass is 439 g/mol. The Kier molecular flexibility index (Phi) is 5.98. The number of nitrogens with one attached hydrogen (secondary N) is 2. The summed E-state index contributed by atoms with van der Waals surface area (Å²) in [5.41, 5.74) is 9.29. The number of aryl methyl sites for hydroxylation is 1. The number of hydrogen-bond donors (Lipinski definition) is 3. The van der Waals surface area contributed by atoms with Gasteiger partial charge >= 0.3 is 0 Å². The maximum absolute atomic E-state index is 12.9. The summed E-state index contributed by atoms with van der Waals surface area (Å²) in [7, 11) is 0. The number of likely N-dealkylation sites (tertiary alicyclic amines) is 1. The molecule has 1 aliphatic heterocycles. The molecule has 8 heteroatoms. The van der Waals surface area contributed by atoms with Gasteiger partial charge in [-0.15, -0.1) is 0 Å². The normalized spacial score (nSPS) is 17.2. The van der Waals surface area contributed by atoms with E-state index in [9.17, 15) is 9.59 Å². The van der Waals surface area contributed by atoms with Gasteiger partial charge in [-0.05, 0) is 68.7 Å². The van der Waals surface area contributed by atoms with Gasteiger partial charge < -0.3 is 20.9 Å². The van der Waals surface area contributed by atoms with Crippen molar-refractivity contribution in [3.63, 3.8) is 0 Å². The van der Waals surface area contributed by atoms with E-state index in [0.29, 0.717) is 28.5 Å². The van der Waals surface area contributed by atoms with Crippen LogP contribution in [0.4, 0.5) is 0 Å². The third-order valence-electron chi connectivity index (χ3n) is 5.85. The molecule has 7 nitrogen and oxygen atoms in total. The van der Waals surface area contributed by atoms with E-state index < -0.39 is 0 Å². The van der Waals surface area contributed by atoms with Gasteiger partial charge in [0, 0.05) is 35.3 Å². The predicted molar refractivity (Wildman–Crippen MR) is 121 cm³/mol. The zero-order chi connectivity index (χ0) is 22.1. The van der Waals surface area contributed by atoms with Gasteiger partial charge in [0.25, 0.3) is 11.8 Å². The van der Waals surface area contributed by atoms with Crippen LogP contribution in [0.5, 0.6) is 0 Å². The molecule has 162 valence electrons. The minimum atomic E-state index is -0.324. The van der Waals surface area contributed by atoms with E-state index in [0.717, 1.165) is 36.0 Å². The molecule has 2 heterocycles. The fraction of sp³-hybridized carbons (Fsp3) is 0.348. The summed E-state index contributed by atoms with van der Waals surface area (Å²) in [6.45, 7) is 4.91. The summed E-state index contributed by atoms with van der Waals surface area (Å²) in [6, 6.07) is 10.4. The summed E-state index contributed by atoms with van der Waals surface area (Å²) < 4.78 is 0. The van der Waals surface area contributed by atoms with Crippen LogP contribution in [0, 0.1) is 6.92 Å². The first-order valence-corrected chi connectivity index (χ1v) is 10.8. The van der Waals surface area contributed by atoms with Crippen LogP contribution >= 0.6 is 11.6 Å². The van der Waals surface area contributed by atoms with E-state index >= 15 is 0 Å². The smallest absolute Gasteiger partial charge is 0.254 e. The lowest BCUT2D eigenvalue weighted by molar-refractivity contribution is 0.0739. The minimum absolute atomic E-state index is 0.0216. The molecule has 1 aromatic heterocycles. The topological polar surface area (TPSA) is 104 Å². The molecule has 0 radical (unpaired) electrons. The van der Waals surface area contributed by atoms with Crippen molar-refractivity contribution >= 4 is 34.4 Å². The molecule has 0 saturated carbocycles. The molecule has 0 spiro atoms. The van der Waals surface area contributed by atoms with Crippen molar-refractivity contribution in [1.29, 1.82) is 0 Å². The van der Waals surface area contributed by atoms with Crippen molar-refractivity contribution < 1.29 is 9.59 Å². The largest absolute Gasteiger partial charge is 0.342 e. The number of aromatic nitrogens is 2. The molecule has 3 aromatic rings. The zero-order valence-corrected chi connectivity index (χ0v) is 18.4. The first kappa shape index (κ1) is 21.3. The fourth-order valence-corrected chi connectivity index (χ4v) is 4.27. The number of hydrogen-bond acceptors (Lipinski definition) is 4. The number of aromatic amines is 1. The SMILES string of the molecule is Cc1cc(C(=O)N[C@@H](C)c2nc3cc(Cl)ccc3[nH]2)ccc1C(=O)N1CCC[C@H]1CN. The molecule has 2 atom stereocenters. The van der Waals surface area contributed by atoms with Crippen LogP contribution in [0.15, 0.2) is 36.4 Å². The van der Waals surface area contributed by atoms with Gasteiger partial charge in [0.15, 0.2) is 0 Å². The van der Waals surface area contributed by atoms with Crippen LogP contribution in [-0.2, 0) is 0 Å². The molecule has 0 aliphatic carbocycles. The van der Waals surface area contributed by atoms with Crippen LogP contribution in [0.25, 0.3) is 11.0 Å². The molecule has 1 aliphatic rings. The van der Waals surface area contributed by atoms with Crippen molar-refractivity contribution in [3.8, 4) is 0 Å². The van der Waals surface area contributed by atoms with E-state index in [-0.39, 0.29) is 23.9 Å². The van der Waals surface area contributed by atoms with Crippen LogP contribution in [-0.4, -0.2) is 45.8 Å². The number of fused-ring (bicyclic) bond motifs is 1. The zero-order valence-electron chi connectivity index (χ0n) is 17.6. The standard InChI is InChI=1S/C23H26ClN5O2/c1-13-10-15(5-7-18(13)23(31)29-9-3-4-17(29)12-25)22(30)26-14(2)21-27-19-8-6-16(24)11-20(19)28-21/h5-8,10-11,14,17H,3-4,9,12,25H2,1-2H3,(H,26,30)(H,27,28)/t14-,17-/m0/s1. The molecule has 0 bridgehead atoms. The number of H-pyrrole nitrogens is 1. The van der Waals surface area contributed by atoms with Gasteiger partial charge in [-0.3, -0.25) is 9.59 Å². The Balaban J connectivity index is 1.48. The number of rotatable bonds is 5. The van der Waals surface area contributed by atoms with Crippen LogP contribution in [0.3, 0.4) is 0 Å². The van der Waals surface area contributed by atoms with Gasteiger partial charge in [0.1, 0.15) is 5.82 Å². The van der Waals surface area contributed by atoms with E-state index in [1.165, 1.54) is 0 Å². The molecule has 1 saturated heterocycles. The molecular weight excluding hydrogens is 414 g/mol.